The zero-order valence-corrected chi connectivity index (χ0v) is 11.0. The van der Waals surface area contributed by atoms with Crippen molar-refractivity contribution >= 4 is 19.6 Å². The first-order valence-electron chi connectivity index (χ1n) is 4.81. The summed E-state index contributed by atoms with van der Waals surface area (Å²) in [5.41, 5.74) is 0.120. The molecule has 0 saturated carbocycles. The van der Waals surface area contributed by atoms with Gasteiger partial charge in [-0.25, -0.2) is 9.36 Å². The Kier molecular flexibility index (Phi) is 6.14. The lowest BCUT2D eigenvalue weighted by molar-refractivity contribution is -0.152. The standard InChI is InChI=1S/C10H15O7P/c1-6(2)9(11)8(5-16-18(13,14)15)17-10(12)7(3)4/h8H,1,3,5H2,2,4H3,(H2,13,14,15). The number of hydrogen-bond donors (Lipinski definition) is 2. The van der Waals surface area contributed by atoms with Crippen LogP contribution >= 0.6 is 7.82 Å². The Morgan fingerprint density at radius 1 is 1.22 bits per heavy atom. The molecule has 0 heterocycles. The molecule has 1 unspecified atom stereocenters. The molecule has 0 aliphatic carbocycles. The van der Waals surface area contributed by atoms with Crippen LogP contribution in [0.4, 0.5) is 0 Å². The molecule has 102 valence electrons. The highest BCUT2D eigenvalue weighted by Gasteiger charge is 2.27. The van der Waals surface area contributed by atoms with Crippen LogP contribution in [0.1, 0.15) is 13.8 Å². The largest absolute Gasteiger partial charge is 0.469 e. The third-order valence-electron chi connectivity index (χ3n) is 1.70. The number of carbonyl (C=O) groups is 2. The molecule has 0 aromatic heterocycles. The molecule has 2 N–H and O–H groups in total. The summed E-state index contributed by atoms with van der Waals surface area (Å²) in [5, 5.41) is 0. The first kappa shape index (κ1) is 16.7. The molecule has 0 aliphatic rings. The van der Waals surface area contributed by atoms with Gasteiger partial charge in [-0.05, 0) is 19.4 Å². The van der Waals surface area contributed by atoms with E-state index in [4.69, 9.17) is 14.5 Å². The summed E-state index contributed by atoms with van der Waals surface area (Å²) < 4.78 is 19.4. The van der Waals surface area contributed by atoms with Gasteiger partial charge in [0.15, 0.2) is 6.10 Å². The molecule has 0 spiro atoms. The quantitative estimate of drug-likeness (QED) is 0.401. The molecule has 0 aromatic rings. The van der Waals surface area contributed by atoms with Crippen molar-refractivity contribution in [1.29, 1.82) is 0 Å². The van der Waals surface area contributed by atoms with E-state index >= 15 is 0 Å². The van der Waals surface area contributed by atoms with Crippen LogP contribution < -0.4 is 0 Å². The fourth-order valence-electron chi connectivity index (χ4n) is 0.833. The molecule has 0 amide bonds. The van der Waals surface area contributed by atoms with E-state index in [2.05, 4.69) is 17.7 Å². The fraction of sp³-hybridized carbons (Fsp3) is 0.400. The molecule has 0 aliphatic heterocycles. The molecule has 0 bridgehead atoms. The highest BCUT2D eigenvalue weighted by molar-refractivity contribution is 7.46. The van der Waals surface area contributed by atoms with Gasteiger partial charge in [-0.3, -0.25) is 9.32 Å². The second kappa shape index (κ2) is 6.61. The lowest BCUT2D eigenvalue weighted by atomic mass is 10.1. The summed E-state index contributed by atoms with van der Waals surface area (Å²) in [4.78, 5) is 39.9. The summed E-state index contributed by atoms with van der Waals surface area (Å²) in [6.45, 7) is 8.67. The molecule has 0 fully saturated rings. The van der Waals surface area contributed by atoms with Crippen molar-refractivity contribution in [3.05, 3.63) is 24.3 Å². The summed E-state index contributed by atoms with van der Waals surface area (Å²) in [7, 11) is -4.75. The van der Waals surface area contributed by atoms with Gasteiger partial charge in [-0.15, -0.1) is 0 Å². The summed E-state index contributed by atoms with van der Waals surface area (Å²) >= 11 is 0. The van der Waals surface area contributed by atoms with Gasteiger partial charge in [0.25, 0.3) is 0 Å². The first-order valence-corrected chi connectivity index (χ1v) is 6.34. The van der Waals surface area contributed by atoms with Crippen molar-refractivity contribution in [3.63, 3.8) is 0 Å². The average Bonchev–Trinajstić information content (AvgIpc) is 2.21. The van der Waals surface area contributed by atoms with E-state index < -0.39 is 32.3 Å². The van der Waals surface area contributed by atoms with Gasteiger partial charge in [0.05, 0.1) is 0 Å². The number of esters is 1. The van der Waals surface area contributed by atoms with E-state index in [1.807, 2.05) is 0 Å². The van der Waals surface area contributed by atoms with E-state index in [1.165, 1.54) is 13.8 Å². The van der Waals surface area contributed by atoms with Crippen LogP contribution in [0.15, 0.2) is 24.3 Å². The maximum absolute atomic E-state index is 11.6. The number of phosphoric acid groups is 1. The predicted molar refractivity (Wildman–Crippen MR) is 62.5 cm³/mol. The Hall–Kier alpha value is -1.27. The molecular formula is C10H15O7P. The highest BCUT2D eigenvalue weighted by atomic mass is 31.2. The van der Waals surface area contributed by atoms with E-state index in [1.54, 1.807) is 0 Å². The lowest BCUT2D eigenvalue weighted by Crippen LogP contribution is -2.32. The predicted octanol–water partition coefficient (Wildman–Crippen LogP) is 0.729. The molecule has 8 heteroatoms. The summed E-state index contributed by atoms with van der Waals surface area (Å²) in [6.07, 6.45) is -1.46. The zero-order valence-electron chi connectivity index (χ0n) is 10.1. The number of ketones is 1. The third kappa shape index (κ3) is 6.46. The molecule has 18 heavy (non-hydrogen) atoms. The average molecular weight is 278 g/mol. The Bertz CT molecular complexity index is 420. The summed E-state index contributed by atoms with van der Waals surface area (Å²) in [6, 6.07) is 0. The second-order valence-electron chi connectivity index (χ2n) is 3.61. The van der Waals surface area contributed by atoms with Crippen LogP contribution in [0.2, 0.25) is 0 Å². The lowest BCUT2D eigenvalue weighted by Gasteiger charge is -2.17. The Morgan fingerprint density at radius 2 is 1.72 bits per heavy atom. The van der Waals surface area contributed by atoms with Crippen LogP contribution in [0.3, 0.4) is 0 Å². The molecule has 0 saturated heterocycles. The third-order valence-corrected chi connectivity index (χ3v) is 2.19. The van der Waals surface area contributed by atoms with E-state index in [9.17, 15) is 14.2 Å². The normalized spacial score (nSPS) is 12.7. The Labute approximate surface area is 104 Å². The van der Waals surface area contributed by atoms with E-state index in [-0.39, 0.29) is 11.1 Å². The molecule has 7 nitrogen and oxygen atoms in total. The maximum atomic E-state index is 11.6. The van der Waals surface area contributed by atoms with Crippen LogP contribution in [-0.4, -0.2) is 34.3 Å². The van der Waals surface area contributed by atoms with Gasteiger partial charge in [0.1, 0.15) is 6.61 Å². The number of carbonyl (C=O) groups excluding carboxylic acids is 2. The highest BCUT2D eigenvalue weighted by Crippen LogP contribution is 2.36. The van der Waals surface area contributed by atoms with Crippen molar-refractivity contribution in [2.45, 2.75) is 20.0 Å². The summed E-state index contributed by atoms with van der Waals surface area (Å²) in [5.74, 6) is -1.54. The molecular weight excluding hydrogens is 263 g/mol. The monoisotopic (exact) mass is 278 g/mol. The van der Waals surface area contributed by atoms with Gasteiger partial charge in [-0.1, -0.05) is 13.2 Å². The number of rotatable bonds is 7. The van der Waals surface area contributed by atoms with Gasteiger partial charge < -0.3 is 14.5 Å². The number of Topliss-reactive ketones (excluding diaryl/α,β-unsaturated/α-hetero) is 1. The van der Waals surface area contributed by atoms with Gasteiger partial charge in [0, 0.05) is 5.57 Å². The molecule has 0 rings (SSSR count). The smallest absolute Gasteiger partial charge is 0.448 e. The minimum atomic E-state index is -4.75. The van der Waals surface area contributed by atoms with E-state index in [0.29, 0.717) is 0 Å². The number of ether oxygens (including phenoxy) is 1. The van der Waals surface area contributed by atoms with Crippen LogP contribution in [0.5, 0.6) is 0 Å². The van der Waals surface area contributed by atoms with Gasteiger partial charge in [-0.2, -0.15) is 0 Å². The minimum Gasteiger partial charge on any atom is -0.448 e. The molecule has 0 aromatic carbocycles. The van der Waals surface area contributed by atoms with Gasteiger partial charge >= 0.3 is 13.8 Å². The van der Waals surface area contributed by atoms with E-state index in [0.717, 1.165) is 0 Å². The fourth-order valence-corrected chi connectivity index (χ4v) is 1.16. The van der Waals surface area contributed by atoms with Crippen molar-refractivity contribution in [1.82, 2.24) is 0 Å². The number of hydrogen-bond acceptors (Lipinski definition) is 5. The maximum Gasteiger partial charge on any atom is 0.469 e. The molecule has 1 atom stereocenters. The van der Waals surface area contributed by atoms with Crippen LogP contribution in [-0.2, 0) is 23.4 Å². The first-order chi connectivity index (χ1) is 8.04. The second-order valence-corrected chi connectivity index (χ2v) is 4.84. The van der Waals surface area contributed by atoms with Crippen LogP contribution in [0.25, 0.3) is 0 Å². The zero-order chi connectivity index (χ0) is 14.5. The van der Waals surface area contributed by atoms with Crippen LogP contribution in [0, 0.1) is 0 Å². The van der Waals surface area contributed by atoms with Crippen molar-refractivity contribution in [2.75, 3.05) is 6.61 Å². The van der Waals surface area contributed by atoms with Crippen molar-refractivity contribution in [3.8, 4) is 0 Å². The van der Waals surface area contributed by atoms with Crippen molar-refractivity contribution < 1.29 is 33.2 Å². The Morgan fingerprint density at radius 3 is 2.06 bits per heavy atom. The van der Waals surface area contributed by atoms with Gasteiger partial charge in [0.2, 0.25) is 5.78 Å². The van der Waals surface area contributed by atoms with Crippen molar-refractivity contribution in [2.24, 2.45) is 0 Å². The SMILES string of the molecule is C=C(C)C(=O)OC(COP(=O)(O)O)C(=O)C(=C)C. The molecule has 0 radical (unpaired) electrons. The number of phosphoric ester groups is 1. The Balaban J connectivity index is 4.79. The topological polar surface area (TPSA) is 110 Å². The minimum absolute atomic E-state index is 0.0469.